The Kier molecular flexibility index (Phi) is 5.79. The summed E-state index contributed by atoms with van der Waals surface area (Å²) >= 11 is 0. The van der Waals surface area contributed by atoms with Crippen LogP contribution in [0.25, 0.3) is 6.08 Å². The number of ether oxygens (including phenoxy) is 1. The Morgan fingerprint density at radius 2 is 1.88 bits per heavy atom. The van der Waals surface area contributed by atoms with Gasteiger partial charge < -0.3 is 15.0 Å². The molecule has 176 valence electrons. The fourth-order valence-corrected chi connectivity index (χ4v) is 4.74. The van der Waals surface area contributed by atoms with Gasteiger partial charge in [-0.3, -0.25) is 19.8 Å². The van der Waals surface area contributed by atoms with Crippen molar-refractivity contribution in [1.82, 2.24) is 20.4 Å². The highest BCUT2D eigenvalue weighted by atomic mass is 19.1. The molecule has 2 N–H and O–H groups in total. The smallest absolute Gasteiger partial charge is 0.322 e. The number of hydrogen-bond acceptors (Lipinski definition) is 5. The van der Waals surface area contributed by atoms with Crippen molar-refractivity contribution in [2.75, 3.05) is 32.7 Å². The van der Waals surface area contributed by atoms with Crippen LogP contribution in [0.2, 0.25) is 0 Å². The van der Waals surface area contributed by atoms with Crippen LogP contribution < -0.4 is 15.4 Å². The molecule has 3 heterocycles. The number of nitrogens with zero attached hydrogens (tertiary/aromatic N) is 2. The first-order valence-electron chi connectivity index (χ1n) is 11.3. The quantitative estimate of drug-likeness (QED) is 0.675. The van der Waals surface area contributed by atoms with Crippen molar-refractivity contribution < 1.29 is 23.5 Å². The molecule has 3 aliphatic rings. The highest BCUT2D eigenvalue weighted by Gasteiger charge is 2.55. The van der Waals surface area contributed by atoms with Crippen LogP contribution in [0, 0.1) is 5.82 Å². The lowest BCUT2D eigenvalue weighted by molar-refractivity contribution is -0.143. The lowest BCUT2D eigenvalue weighted by Crippen LogP contribution is -2.57. The predicted molar refractivity (Wildman–Crippen MR) is 122 cm³/mol. The number of carbonyl (C=O) groups is 3. The molecule has 1 spiro atoms. The van der Waals surface area contributed by atoms with E-state index in [1.54, 1.807) is 4.90 Å². The monoisotopic (exact) mass is 464 g/mol. The van der Waals surface area contributed by atoms with Crippen molar-refractivity contribution in [3.63, 3.8) is 0 Å². The summed E-state index contributed by atoms with van der Waals surface area (Å²) in [4.78, 5) is 41.9. The van der Waals surface area contributed by atoms with Crippen LogP contribution in [0.3, 0.4) is 0 Å². The SMILES string of the molecule is O=C1NC(=O)[C@@]2(C[C@@H](C(=O)N3CCN(CC=Cc4ccccc4)CC3)Oc3ccc(F)cc32)N1. The molecule has 0 aliphatic carbocycles. The van der Waals surface area contributed by atoms with Gasteiger partial charge in [-0.1, -0.05) is 42.5 Å². The Balaban J connectivity index is 1.25. The Hall–Kier alpha value is -3.72. The van der Waals surface area contributed by atoms with Crippen LogP contribution in [0.15, 0.2) is 54.6 Å². The van der Waals surface area contributed by atoms with Gasteiger partial charge in [0, 0.05) is 44.7 Å². The zero-order valence-electron chi connectivity index (χ0n) is 18.5. The van der Waals surface area contributed by atoms with E-state index in [1.165, 1.54) is 18.2 Å². The molecule has 5 rings (SSSR count). The van der Waals surface area contributed by atoms with Gasteiger partial charge in [-0.05, 0) is 23.8 Å². The van der Waals surface area contributed by atoms with Gasteiger partial charge in [0.1, 0.15) is 11.6 Å². The van der Waals surface area contributed by atoms with Crippen LogP contribution in [0.5, 0.6) is 5.75 Å². The van der Waals surface area contributed by atoms with Gasteiger partial charge >= 0.3 is 6.03 Å². The van der Waals surface area contributed by atoms with E-state index in [0.717, 1.165) is 12.1 Å². The third-order valence-corrected chi connectivity index (χ3v) is 6.54. The maximum Gasteiger partial charge on any atom is 0.322 e. The van der Waals surface area contributed by atoms with E-state index in [-0.39, 0.29) is 23.6 Å². The highest BCUT2D eigenvalue weighted by Crippen LogP contribution is 2.42. The summed E-state index contributed by atoms with van der Waals surface area (Å²) in [5, 5.41) is 4.81. The average Bonchev–Trinajstić information content (AvgIpc) is 3.13. The summed E-state index contributed by atoms with van der Waals surface area (Å²) in [6, 6.07) is 13.2. The first kappa shape index (κ1) is 22.1. The van der Waals surface area contributed by atoms with E-state index < -0.39 is 29.4 Å². The van der Waals surface area contributed by atoms with Crippen molar-refractivity contribution >= 4 is 23.9 Å². The minimum Gasteiger partial charge on any atom is -0.480 e. The lowest BCUT2D eigenvalue weighted by atomic mass is 9.81. The molecule has 3 aliphatic heterocycles. The van der Waals surface area contributed by atoms with Crippen LogP contribution in [-0.4, -0.2) is 66.5 Å². The van der Waals surface area contributed by atoms with Gasteiger partial charge in [-0.15, -0.1) is 0 Å². The number of carbonyl (C=O) groups excluding carboxylic acids is 3. The Bertz CT molecular complexity index is 1150. The molecule has 0 unspecified atom stereocenters. The van der Waals surface area contributed by atoms with Crippen molar-refractivity contribution in [2.24, 2.45) is 0 Å². The predicted octanol–water partition coefficient (Wildman–Crippen LogP) is 1.87. The van der Waals surface area contributed by atoms with E-state index in [9.17, 15) is 18.8 Å². The van der Waals surface area contributed by atoms with Gasteiger partial charge in [0.25, 0.3) is 11.8 Å². The number of halogens is 1. The van der Waals surface area contributed by atoms with Crippen LogP contribution in [0.1, 0.15) is 17.5 Å². The van der Waals surface area contributed by atoms with Crippen molar-refractivity contribution in [3.8, 4) is 5.75 Å². The van der Waals surface area contributed by atoms with Crippen LogP contribution in [0.4, 0.5) is 9.18 Å². The third kappa shape index (κ3) is 4.14. The summed E-state index contributed by atoms with van der Waals surface area (Å²) in [5.41, 5.74) is -0.172. The Morgan fingerprint density at radius 3 is 2.59 bits per heavy atom. The molecule has 2 aromatic rings. The Labute approximate surface area is 196 Å². The highest BCUT2D eigenvalue weighted by molar-refractivity contribution is 6.08. The van der Waals surface area contributed by atoms with Gasteiger partial charge in [-0.2, -0.15) is 0 Å². The number of rotatable bonds is 4. The van der Waals surface area contributed by atoms with Gasteiger partial charge in [0.2, 0.25) is 0 Å². The Morgan fingerprint density at radius 1 is 1.12 bits per heavy atom. The second kappa shape index (κ2) is 8.90. The van der Waals surface area contributed by atoms with Crippen molar-refractivity contribution in [2.45, 2.75) is 18.1 Å². The third-order valence-electron chi connectivity index (χ3n) is 6.54. The van der Waals surface area contributed by atoms with E-state index in [1.807, 2.05) is 30.3 Å². The molecule has 8 nitrogen and oxygen atoms in total. The maximum atomic E-state index is 13.9. The molecular weight excluding hydrogens is 439 g/mol. The van der Waals surface area contributed by atoms with E-state index in [2.05, 4.69) is 27.7 Å². The van der Waals surface area contributed by atoms with Crippen molar-refractivity contribution in [1.29, 1.82) is 0 Å². The summed E-state index contributed by atoms with van der Waals surface area (Å²) in [6.07, 6.45) is 3.12. The minimum absolute atomic E-state index is 0.0973. The average molecular weight is 464 g/mol. The molecular formula is C25H25FN4O4. The van der Waals surface area contributed by atoms with Crippen molar-refractivity contribution in [3.05, 3.63) is 71.6 Å². The van der Waals surface area contributed by atoms with Gasteiger partial charge in [0.15, 0.2) is 11.6 Å². The first-order valence-corrected chi connectivity index (χ1v) is 11.3. The second-order valence-electron chi connectivity index (χ2n) is 8.70. The molecule has 34 heavy (non-hydrogen) atoms. The normalized spacial score (nSPS) is 24.6. The first-order chi connectivity index (χ1) is 16.4. The molecule has 4 amide bonds. The number of imide groups is 1. The molecule has 2 fully saturated rings. The topological polar surface area (TPSA) is 91.0 Å². The fraction of sp³-hybridized carbons (Fsp3) is 0.320. The summed E-state index contributed by atoms with van der Waals surface area (Å²) in [5.74, 6) is -1.20. The van der Waals surface area contributed by atoms with E-state index in [4.69, 9.17) is 4.74 Å². The minimum atomic E-state index is -1.53. The molecule has 2 saturated heterocycles. The molecule has 0 aromatic heterocycles. The maximum absolute atomic E-state index is 13.9. The fourth-order valence-electron chi connectivity index (χ4n) is 4.74. The van der Waals surface area contributed by atoms with Crippen LogP contribution >= 0.6 is 0 Å². The summed E-state index contributed by atoms with van der Waals surface area (Å²) in [7, 11) is 0. The van der Waals surface area contributed by atoms with E-state index >= 15 is 0 Å². The molecule has 0 bridgehead atoms. The standard InChI is InChI=1S/C25H25FN4O4/c26-18-8-9-20-19(15-18)25(23(32)27-24(33)28-25)16-21(34-20)22(31)30-13-11-29(12-14-30)10-4-7-17-5-2-1-3-6-17/h1-9,15,21H,10-14,16H2,(H2,27,28,32,33)/t21-,25-/m0/s1. The molecule has 0 saturated carbocycles. The van der Waals surface area contributed by atoms with Gasteiger partial charge in [-0.25, -0.2) is 9.18 Å². The molecule has 2 atom stereocenters. The van der Waals surface area contributed by atoms with Crippen LogP contribution in [-0.2, 0) is 15.1 Å². The largest absolute Gasteiger partial charge is 0.480 e. The lowest BCUT2D eigenvalue weighted by Gasteiger charge is -2.40. The summed E-state index contributed by atoms with van der Waals surface area (Å²) in [6.45, 7) is 3.26. The zero-order valence-corrected chi connectivity index (χ0v) is 18.5. The number of fused-ring (bicyclic) bond motifs is 2. The molecule has 9 heteroatoms. The number of benzene rings is 2. The molecule has 0 radical (unpaired) electrons. The zero-order chi connectivity index (χ0) is 23.7. The van der Waals surface area contributed by atoms with E-state index in [0.29, 0.717) is 26.2 Å². The number of piperazine rings is 1. The van der Waals surface area contributed by atoms with Gasteiger partial charge in [0.05, 0.1) is 0 Å². The number of amides is 4. The second-order valence-corrected chi connectivity index (χ2v) is 8.70. The summed E-state index contributed by atoms with van der Waals surface area (Å²) < 4.78 is 19.8. The number of nitrogens with one attached hydrogen (secondary N) is 2. The number of urea groups is 1. The number of hydrogen-bond donors (Lipinski definition) is 2. The molecule has 2 aromatic carbocycles.